The van der Waals surface area contributed by atoms with Gasteiger partial charge in [-0.1, -0.05) is 23.2 Å². The molecule has 14 heavy (non-hydrogen) atoms. The molecule has 5 heteroatoms. The first-order valence-corrected chi connectivity index (χ1v) is 4.74. The Labute approximate surface area is 91.3 Å². The Hall–Kier alpha value is -1.06. The molecule has 0 aliphatic carbocycles. The van der Waals surface area contributed by atoms with Gasteiger partial charge in [0.2, 0.25) is 0 Å². The summed E-state index contributed by atoms with van der Waals surface area (Å²) < 4.78 is 1.90. The van der Waals surface area contributed by atoms with Crippen LogP contribution in [0.2, 0.25) is 10.3 Å². The zero-order chi connectivity index (χ0) is 10.1. The molecule has 0 unspecified atom stereocenters. The number of hydrogen-bond donors (Lipinski definition) is 0. The monoisotopic (exact) mass is 227 g/mol. The summed E-state index contributed by atoms with van der Waals surface area (Å²) in [5, 5.41) is 0.697. The highest BCUT2D eigenvalue weighted by molar-refractivity contribution is 6.33. The molecule has 2 rings (SSSR count). The van der Waals surface area contributed by atoms with Crippen molar-refractivity contribution < 1.29 is 0 Å². The van der Waals surface area contributed by atoms with Gasteiger partial charge in [0.05, 0.1) is 5.69 Å². The summed E-state index contributed by atoms with van der Waals surface area (Å²) in [4.78, 5) is 8.17. The largest absolute Gasteiger partial charge is 0.348 e. The Morgan fingerprint density at radius 1 is 1.21 bits per heavy atom. The van der Waals surface area contributed by atoms with Crippen LogP contribution >= 0.6 is 23.2 Å². The predicted octanol–water partition coefficient (Wildman–Crippen LogP) is 2.79. The summed E-state index contributed by atoms with van der Waals surface area (Å²) in [6.07, 6.45) is 1.91. The topological polar surface area (TPSA) is 30.7 Å². The molecular formula is C9H7Cl2N3. The van der Waals surface area contributed by atoms with Crippen LogP contribution in [-0.4, -0.2) is 14.5 Å². The van der Waals surface area contributed by atoms with Gasteiger partial charge in [0.25, 0.3) is 0 Å². The SMILES string of the molecule is Cn1cccc1-c1nc(Cl)cc(Cl)n1. The van der Waals surface area contributed by atoms with E-state index in [0.29, 0.717) is 16.1 Å². The molecule has 0 saturated heterocycles. The fourth-order valence-corrected chi connectivity index (χ4v) is 1.62. The Balaban J connectivity index is 2.57. The zero-order valence-electron chi connectivity index (χ0n) is 7.41. The maximum absolute atomic E-state index is 5.77. The van der Waals surface area contributed by atoms with E-state index in [1.54, 1.807) is 0 Å². The third kappa shape index (κ3) is 1.74. The van der Waals surface area contributed by atoms with Crippen LogP contribution in [0.4, 0.5) is 0 Å². The summed E-state index contributed by atoms with van der Waals surface area (Å²) in [6, 6.07) is 5.32. The summed E-state index contributed by atoms with van der Waals surface area (Å²) in [5.41, 5.74) is 0.884. The number of rotatable bonds is 1. The smallest absolute Gasteiger partial charge is 0.179 e. The first-order valence-electron chi connectivity index (χ1n) is 3.98. The summed E-state index contributed by atoms with van der Waals surface area (Å²) in [5.74, 6) is 0.537. The van der Waals surface area contributed by atoms with E-state index in [4.69, 9.17) is 23.2 Å². The second-order valence-corrected chi connectivity index (χ2v) is 3.62. The molecule has 0 amide bonds. The highest BCUT2D eigenvalue weighted by atomic mass is 35.5. The molecule has 0 fully saturated rings. The molecule has 0 aliphatic heterocycles. The van der Waals surface area contributed by atoms with Gasteiger partial charge in [-0.2, -0.15) is 0 Å². The van der Waals surface area contributed by atoms with Crippen LogP contribution < -0.4 is 0 Å². The molecule has 0 N–H and O–H groups in total. The fraction of sp³-hybridized carbons (Fsp3) is 0.111. The van der Waals surface area contributed by atoms with Crippen molar-refractivity contribution in [1.29, 1.82) is 0 Å². The van der Waals surface area contributed by atoms with E-state index in [-0.39, 0.29) is 0 Å². The second kappa shape index (κ2) is 3.59. The van der Waals surface area contributed by atoms with Gasteiger partial charge < -0.3 is 4.57 Å². The second-order valence-electron chi connectivity index (χ2n) is 2.84. The van der Waals surface area contributed by atoms with Crippen LogP contribution in [0.1, 0.15) is 0 Å². The van der Waals surface area contributed by atoms with E-state index in [0.717, 1.165) is 5.69 Å². The maximum atomic E-state index is 5.77. The van der Waals surface area contributed by atoms with Crippen molar-refractivity contribution in [2.45, 2.75) is 0 Å². The van der Waals surface area contributed by atoms with Gasteiger partial charge in [0, 0.05) is 19.3 Å². The molecule has 0 radical (unpaired) electrons. The van der Waals surface area contributed by atoms with Gasteiger partial charge >= 0.3 is 0 Å². The Morgan fingerprint density at radius 3 is 2.36 bits per heavy atom. The average molecular weight is 228 g/mol. The zero-order valence-corrected chi connectivity index (χ0v) is 8.92. The molecular weight excluding hydrogens is 221 g/mol. The number of aryl methyl sites for hydroxylation is 1. The Kier molecular flexibility index (Phi) is 2.44. The van der Waals surface area contributed by atoms with E-state index in [2.05, 4.69) is 9.97 Å². The lowest BCUT2D eigenvalue weighted by Gasteiger charge is -2.02. The van der Waals surface area contributed by atoms with Crippen LogP contribution in [0.5, 0.6) is 0 Å². The summed E-state index contributed by atoms with van der Waals surface area (Å²) in [7, 11) is 1.91. The number of nitrogens with zero attached hydrogens (tertiary/aromatic N) is 3. The normalized spacial score (nSPS) is 10.5. The molecule has 2 aromatic rings. The van der Waals surface area contributed by atoms with Crippen molar-refractivity contribution in [1.82, 2.24) is 14.5 Å². The highest BCUT2D eigenvalue weighted by Crippen LogP contribution is 2.19. The van der Waals surface area contributed by atoms with E-state index in [1.165, 1.54) is 6.07 Å². The molecule has 0 saturated carbocycles. The molecule has 0 atom stereocenters. The Morgan fingerprint density at radius 2 is 1.86 bits per heavy atom. The lowest BCUT2D eigenvalue weighted by Crippen LogP contribution is -1.95. The van der Waals surface area contributed by atoms with Gasteiger partial charge in [0.1, 0.15) is 10.3 Å². The minimum Gasteiger partial charge on any atom is -0.348 e. The van der Waals surface area contributed by atoms with Crippen molar-refractivity contribution in [2.75, 3.05) is 0 Å². The molecule has 0 bridgehead atoms. The van der Waals surface area contributed by atoms with Crippen LogP contribution in [0.15, 0.2) is 24.4 Å². The highest BCUT2D eigenvalue weighted by Gasteiger charge is 2.06. The third-order valence-electron chi connectivity index (χ3n) is 1.84. The molecule has 0 aromatic carbocycles. The molecule has 0 aliphatic rings. The van der Waals surface area contributed by atoms with Crippen LogP contribution in [0.3, 0.4) is 0 Å². The quantitative estimate of drug-likeness (QED) is 0.702. The lowest BCUT2D eigenvalue weighted by molar-refractivity contribution is 0.921. The van der Waals surface area contributed by atoms with Crippen molar-refractivity contribution in [3.63, 3.8) is 0 Å². The number of aromatic nitrogens is 3. The van der Waals surface area contributed by atoms with Gasteiger partial charge in [0.15, 0.2) is 5.82 Å². The van der Waals surface area contributed by atoms with Gasteiger partial charge in [-0.05, 0) is 12.1 Å². The molecule has 2 aromatic heterocycles. The summed E-state index contributed by atoms with van der Waals surface area (Å²) in [6.45, 7) is 0. The number of halogens is 2. The first kappa shape index (κ1) is 9.49. The third-order valence-corrected chi connectivity index (χ3v) is 2.22. The fourth-order valence-electron chi connectivity index (χ4n) is 1.20. The predicted molar refractivity (Wildman–Crippen MR) is 56.5 cm³/mol. The van der Waals surface area contributed by atoms with Crippen LogP contribution in [0.25, 0.3) is 11.5 Å². The summed E-state index contributed by atoms with van der Waals surface area (Å²) >= 11 is 11.5. The molecule has 3 nitrogen and oxygen atoms in total. The van der Waals surface area contributed by atoms with Gasteiger partial charge in [-0.15, -0.1) is 0 Å². The van der Waals surface area contributed by atoms with E-state index in [9.17, 15) is 0 Å². The van der Waals surface area contributed by atoms with Crippen molar-refractivity contribution >= 4 is 23.2 Å². The van der Waals surface area contributed by atoms with Crippen LogP contribution in [-0.2, 0) is 7.05 Å². The van der Waals surface area contributed by atoms with E-state index >= 15 is 0 Å². The minimum atomic E-state index is 0.348. The lowest BCUT2D eigenvalue weighted by atomic mass is 10.4. The first-order chi connectivity index (χ1) is 6.66. The minimum absolute atomic E-state index is 0.348. The van der Waals surface area contributed by atoms with Crippen molar-refractivity contribution in [2.24, 2.45) is 7.05 Å². The molecule has 0 spiro atoms. The van der Waals surface area contributed by atoms with E-state index in [1.807, 2.05) is 29.9 Å². The van der Waals surface area contributed by atoms with Gasteiger partial charge in [-0.25, -0.2) is 9.97 Å². The maximum Gasteiger partial charge on any atom is 0.179 e. The average Bonchev–Trinajstić information content (AvgIpc) is 2.49. The number of hydrogen-bond acceptors (Lipinski definition) is 2. The van der Waals surface area contributed by atoms with Crippen molar-refractivity contribution in [3.8, 4) is 11.5 Å². The standard InChI is InChI=1S/C9H7Cl2N3/c1-14-4-2-3-6(14)9-12-7(10)5-8(11)13-9/h2-5H,1H3. The van der Waals surface area contributed by atoms with Crippen LogP contribution in [0, 0.1) is 0 Å². The molecule has 2 heterocycles. The van der Waals surface area contributed by atoms with Crippen molar-refractivity contribution in [3.05, 3.63) is 34.7 Å². The Bertz CT molecular complexity index is 445. The van der Waals surface area contributed by atoms with E-state index < -0.39 is 0 Å². The van der Waals surface area contributed by atoms with Gasteiger partial charge in [-0.3, -0.25) is 0 Å². The molecule has 72 valence electrons.